The van der Waals surface area contributed by atoms with E-state index >= 15 is 0 Å². The van der Waals surface area contributed by atoms with Gasteiger partial charge in [0, 0.05) is 0 Å². The summed E-state index contributed by atoms with van der Waals surface area (Å²) in [5.74, 6) is 0. The van der Waals surface area contributed by atoms with E-state index in [2.05, 4.69) is 0 Å². The van der Waals surface area contributed by atoms with Crippen LogP contribution in [0.2, 0.25) is 10.0 Å². The average Bonchev–Trinajstić information content (AvgIpc) is 2.29. The zero-order chi connectivity index (χ0) is 13.1. The van der Waals surface area contributed by atoms with Crippen molar-refractivity contribution in [2.24, 2.45) is 5.73 Å². The number of hydrogen-bond donors (Lipinski definition) is 1. The van der Waals surface area contributed by atoms with E-state index < -0.39 is 15.1 Å². The molecule has 0 aliphatic rings. The Balaban J connectivity index is 3.15. The van der Waals surface area contributed by atoms with Crippen LogP contribution in [0.3, 0.4) is 0 Å². The Morgan fingerprint density at radius 2 is 1.94 bits per heavy atom. The van der Waals surface area contributed by atoms with Gasteiger partial charge in [-0.15, -0.1) is 0 Å². The van der Waals surface area contributed by atoms with Crippen LogP contribution in [0.15, 0.2) is 23.1 Å². The molecular weight excluding hydrogens is 281 g/mol. The summed E-state index contributed by atoms with van der Waals surface area (Å²) < 4.78 is 24.5. The maximum Gasteiger partial charge on any atom is 0.181 e. The van der Waals surface area contributed by atoms with E-state index in [1.807, 2.05) is 6.92 Å². The summed E-state index contributed by atoms with van der Waals surface area (Å²) in [7, 11) is -3.38. The largest absolute Gasteiger partial charge is 0.330 e. The van der Waals surface area contributed by atoms with Crippen LogP contribution in [-0.2, 0) is 9.84 Å². The lowest BCUT2D eigenvalue weighted by Crippen LogP contribution is -2.24. The Hall–Kier alpha value is -0.290. The van der Waals surface area contributed by atoms with E-state index in [1.165, 1.54) is 18.2 Å². The molecule has 3 nitrogen and oxygen atoms in total. The van der Waals surface area contributed by atoms with Gasteiger partial charge in [0.1, 0.15) is 0 Å². The van der Waals surface area contributed by atoms with E-state index in [0.717, 1.165) is 0 Å². The number of nitrogens with two attached hydrogens (primary N) is 1. The van der Waals surface area contributed by atoms with Crippen LogP contribution in [0.1, 0.15) is 19.8 Å². The van der Waals surface area contributed by atoms with E-state index in [9.17, 15) is 8.42 Å². The molecular formula is C11H15Cl2NO2S. The van der Waals surface area contributed by atoms with Crippen LogP contribution in [-0.4, -0.2) is 20.2 Å². The maximum absolute atomic E-state index is 12.3. The summed E-state index contributed by atoms with van der Waals surface area (Å²) in [5.41, 5.74) is 5.42. The molecule has 0 aliphatic carbocycles. The Bertz CT molecular complexity index is 488. The van der Waals surface area contributed by atoms with Crippen LogP contribution < -0.4 is 5.73 Å². The average molecular weight is 296 g/mol. The molecule has 0 saturated heterocycles. The molecule has 6 heteroatoms. The zero-order valence-corrected chi connectivity index (χ0v) is 11.8. The topological polar surface area (TPSA) is 60.2 Å². The van der Waals surface area contributed by atoms with Crippen molar-refractivity contribution in [3.05, 3.63) is 28.2 Å². The minimum atomic E-state index is -3.38. The number of benzene rings is 1. The Morgan fingerprint density at radius 3 is 2.41 bits per heavy atom. The highest BCUT2D eigenvalue weighted by molar-refractivity contribution is 7.92. The second-order valence-electron chi connectivity index (χ2n) is 3.73. The molecule has 0 saturated carbocycles. The van der Waals surface area contributed by atoms with Gasteiger partial charge in [-0.1, -0.05) is 30.1 Å². The SMILES string of the molecule is CCC(CCN)S(=O)(=O)c1ccc(Cl)c(Cl)c1. The van der Waals surface area contributed by atoms with Gasteiger partial charge in [0.25, 0.3) is 0 Å². The van der Waals surface area contributed by atoms with Crippen LogP contribution in [0.5, 0.6) is 0 Å². The summed E-state index contributed by atoms with van der Waals surface area (Å²) in [5, 5.41) is 0.123. The molecule has 0 fully saturated rings. The Morgan fingerprint density at radius 1 is 1.29 bits per heavy atom. The lowest BCUT2D eigenvalue weighted by molar-refractivity contribution is 0.567. The molecule has 1 rings (SSSR count). The minimum Gasteiger partial charge on any atom is -0.330 e. The zero-order valence-electron chi connectivity index (χ0n) is 9.49. The van der Waals surface area contributed by atoms with Crippen LogP contribution >= 0.6 is 23.2 Å². The highest BCUT2D eigenvalue weighted by Gasteiger charge is 2.25. The molecule has 1 aromatic carbocycles. The van der Waals surface area contributed by atoms with Crippen molar-refractivity contribution in [3.8, 4) is 0 Å². The molecule has 0 spiro atoms. The second kappa shape index (κ2) is 6.05. The number of rotatable bonds is 5. The first-order chi connectivity index (χ1) is 7.93. The van der Waals surface area contributed by atoms with Crippen LogP contribution in [0.25, 0.3) is 0 Å². The van der Waals surface area contributed by atoms with E-state index in [1.54, 1.807) is 0 Å². The highest BCUT2D eigenvalue weighted by atomic mass is 35.5. The molecule has 1 aromatic rings. The molecule has 0 aliphatic heterocycles. The smallest absolute Gasteiger partial charge is 0.181 e. The van der Waals surface area contributed by atoms with Crippen molar-refractivity contribution in [3.63, 3.8) is 0 Å². The van der Waals surface area contributed by atoms with Gasteiger partial charge in [-0.25, -0.2) is 8.42 Å². The fourth-order valence-electron chi connectivity index (χ4n) is 1.61. The lowest BCUT2D eigenvalue weighted by atomic mass is 10.2. The van der Waals surface area contributed by atoms with Crippen molar-refractivity contribution < 1.29 is 8.42 Å². The number of hydrogen-bond acceptors (Lipinski definition) is 3. The lowest BCUT2D eigenvalue weighted by Gasteiger charge is -2.15. The van der Waals surface area contributed by atoms with E-state index in [4.69, 9.17) is 28.9 Å². The molecule has 0 radical (unpaired) electrons. The molecule has 17 heavy (non-hydrogen) atoms. The fraction of sp³-hybridized carbons (Fsp3) is 0.455. The van der Waals surface area contributed by atoms with E-state index in [0.29, 0.717) is 24.4 Å². The third kappa shape index (κ3) is 3.35. The summed E-state index contributed by atoms with van der Waals surface area (Å²) in [6.07, 6.45) is 0.971. The normalized spacial score (nSPS) is 13.6. The third-order valence-electron chi connectivity index (χ3n) is 2.60. The van der Waals surface area contributed by atoms with Gasteiger partial charge in [0.2, 0.25) is 0 Å². The predicted octanol–water partition coefficient (Wildman–Crippen LogP) is 2.89. The minimum absolute atomic E-state index is 0.201. The van der Waals surface area contributed by atoms with Crippen molar-refractivity contribution >= 4 is 33.0 Å². The van der Waals surface area contributed by atoms with Gasteiger partial charge in [-0.05, 0) is 37.6 Å². The van der Waals surface area contributed by atoms with Gasteiger partial charge in [-0.3, -0.25) is 0 Å². The van der Waals surface area contributed by atoms with Gasteiger partial charge in [0.05, 0.1) is 20.2 Å². The molecule has 1 atom stereocenters. The number of halogens is 2. The van der Waals surface area contributed by atoms with Gasteiger partial charge >= 0.3 is 0 Å². The monoisotopic (exact) mass is 295 g/mol. The summed E-state index contributed by atoms with van der Waals surface area (Å²) in [6.45, 7) is 2.18. The molecule has 0 aromatic heterocycles. The van der Waals surface area contributed by atoms with Crippen molar-refractivity contribution in [1.29, 1.82) is 0 Å². The maximum atomic E-state index is 12.3. The van der Waals surface area contributed by atoms with Crippen molar-refractivity contribution in [2.45, 2.75) is 29.9 Å². The molecule has 2 N–H and O–H groups in total. The van der Waals surface area contributed by atoms with Crippen LogP contribution in [0, 0.1) is 0 Å². The first-order valence-electron chi connectivity index (χ1n) is 5.32. The third-order valence-corrected chi connectivity index (χ3v) is 5.70. The highest BCUT2D eigenvalue weighted by Crippen LogP contribution is 2.28. The summed E-state index contributed by atoms with van der Waals surface area (Å²) >= 11 is 11.6. The Labute approximate surface area is 112 Å². The first kappa shape index (κ1) is 14.8. The van der Waals surface area contributed by atoms with Gasteiger partial charge in [-0.2, -0.15) is 0 Å². The van der Waals surface area contributed by atoms with Crippen molar-refractivity contribution in [1.82, 2.24) is 0 Å². The summed E-state index contributed by atoms with van der Waals surface area (Å²) in [6, 6.07) is 4.35. The summed E-state index contributed by atoms with van der Waals surface area (Å²) in [4.78, 5) is 0.201. The quantitative estimate of drug-likeness (QED) is 0.908. The Kier molecular flexibility index (Phi) is 5.25. The number of sulfone groups is 1. The molecule has 1 unspecified atom stereocenters. The predicted molar refractivity (Wildman–Crippen MR) is 71.4 cm³/mol. The van der Waals surface area contributed by atoms with Gasteiger partial charge in [0.15, 0.2) is 9.84 Å². The first-order valence-corrected chi connectivity index (χ1v) is 7.62. The molecule has 0 amide bonds. The van der Waals surface area contributed by atoms with Crippen molar-refractivity contribution in [2.75, 3.05) is 6.54 Å². The molecule has 96 valence electrons. The van der Waals surface area contributed by atoms with Gasteiger partial charge < -0.3 is 5.73 Å². The second-order valence-corrected chi connectivity index (χ2v) is 6.77. The molecule has 0 heterocycles. The standard InChI is InChI=1S/C11H15Cl2NO2S/c1-2-8(5-6-14)17(15,16)9-3-4-10(12)11(13)7-9/h3-4,7-8H,2,5-6,14H2,1H3. The van der Waals surface area contributed by atoms with Crippen LogP contribution in [0.4, 0.5) is 0 Å². The fourth-order valence-corrected chi connectivity index (χ4v) is 3.78. The molecule has 0 bridgehead atoms. The van der Waals surface area contributed by atoms with E-state index in [-0.39, 0.29) is 9.92 Å².